The number of para-hydroxylation sites is 1. The third kappa shape index (κ3) is 5.18. The second-order valence-corrected chi connectivity index (χ2v) is 4.53. The van der Waals surface area contributed by atoms with Crippen LogP contribution in [-0.4, -0.2) is 12.6 Å². The minimum absolute atomic E-state index is 0.208. The van der Waals surface area contributed by atoms with Crippen LogP contribution in [0.25, 0.3) is 0 Å². The molecule has 0 aliphatic heterocycles. The Kier molecular flexibility index (Phi) is 5.64. The van der Waals surface area contributed by atoms with Crippen LogP contribution in [0.2, 0.25) is 0 Å². The molecule has 1 radical (unpaired) electrons. The smallest absolute Gasteiger partial charge is 0.319 e. The molecule has 0 spiro atoms. The number of amides is 2. The molecule has 0 unspecified atom stereocenters. The molecule has 0 aliphatic rings. The fourth-order valence-corrected chi connectivity index (χ4v) is 1.73. The lowest BCUT2D eigenvalue weighted by atomic mass is 10.3. The van der Waals surface area contributed by atoms with Gasteiger partial charge in [0.2, 0.25) is 0 Å². The van der Waals surface area contributed by atoms with Crippen molar-refractivity contribution >= 4 is 11.7 Å². The zero-order valence-corrected chi connectivity index (χ0v) is 11.8. The van der Waals surface area contributed by atoms with Gasteiger partial charge in [-0.1, -0.05) is 31.5 Å². The van der Waals surface area contributed by atoms with Gasteiger partial charge in [-0.15, -0.1) is 0 Å². The third-order valence-electron chi connectivity index (χ3n) is 2.80. The van der Waals surface area contributed by atoms with E-state index in [2.05, 4.69) is 17.6 Å². The topological polar surface area (TPSA) is 50.4 Å². The van der Waals surface area contributed by atoms with E-state index in [1.54, 1.807) is 12.1 Å². The summed E-state index contributed by atoms with van der Waals surface area (Å²) in [6, 6.07) is 16.6. The summed E-state index contributed by atoms with van der Waals surface area (Å²) in [5.74, 6) is 1.51. The molecule has 109 valence electrons. The van der Waals surface area contributed by atoms with E-state index in [0.717, 1.165) is 30.0 Å². The van der Waals surface area contributed by atoms with Crippen molar-refractivity contribution in [1.82, 2.24) is 5.32 Å². The van der Waals surface area contributed by atoms with Crippen molar-refractivity contribution in [3.8, 4) is 11.5 Å². The van der Waals surface area contributed by atoms with Crippen LogP contribution in [0, 0.1) is 6.92 Å². The third-order valence-corrected chi connectivity index (χ3v) is 2.80. The van der Waals surface area contributed by atoms with Crippen LogP contribution in [0.15, 0.2) is 54.6 Å². The van der Waals surface area contributed by atoms with Gasteiger partial charge in [-0.3, -0.25) is 0 Å². The van der Waals surface area contributed by atoms with Crippen LogP contribution >= 0.6 is 0 Å². The van der Waals surface area contributed by atoms with Gasteiger partial charge >= 0.3 is 6.03 Å². The SMILES string of the molecule is [CH2]CCCNC(=O)Nc1ccc(Oc2ccccc2)cc1. The summed E-state index contributed by atoms with van der Waals surface area (Å²) in [6.45, 7) is 4.35. The maximum Gasteiger partial charge on any atom is 0.319 e. The van der Waals surface area contributed by atoms with E-state index >= 15 is 0 Å². The Balaban J connectivity index is 1.85. The highest BCUT2D eigenvalue weighted by atomic mass is 16.5. The summed E-state index contributed by atoms with van der Waals surface area (Å²) in [4.78, 5) is 11.6. The first-order valence-electron chi connectivity index (χ1n) is 6.95. The molecule has 2 aromatic rings. The summed E-state index contributed by atoms with van der Waals surface area (Å²) in [5, 5.41) is 5.53. The minimum Gasteiger partial charge on any atom is -0.457 e. The quantitative estimate of drug-likeness (QED) is 0.780. The van der Waals surface area contributed by atoms with Gasteiger partial charge in [-0.25, -0.2) is 4.79 Å². The zero-order valence-electron chi connectivity index (χ0n) is 11.8. The molecule has 2 rings (SSSR count). The van der Waals surface area contributed by atoms with Gasteiger partial charge in [-0.05, 0) is 42.8 Å². The average Bonchev–Trinajstić information content (AvgIpc) is 2.51. The van der Waals surface area contributed by atoms with Gasteiger partial charge < -0.3 is 15.4 Å². The van der Waals surface area contributed by atoms with Crippen LogP contribution in [-0.2, 0) is 0 Å². The molecule has 0 saturated heterocycles. The second kappa shape index (κ2) is 7.94. The number of ether oxygens (including phenoxy) is 1. The van der Waals surface area contributed by atoms with E-state index in [1.165, 1.54) is 0 Å². The lowest BCUT2D eigenvalue weighted by Crippen LogP contribution is -2.29. The number of rotatable bonds is 6. The first kappa shape index (κ1) is 14.9. The lowest BCUT2D eigenvalue weighted by molar-refractivity contribution is 0.252. The number of hydrogen-bond acceptors (Lipinski definition) is 2. The van der Waals surface area contributed by atoms with Gasteiger partial charge in [-0.2, -0.15) is 0 Å². The molecular formula is C17H19N2O2. The van der Waals surface area contributed by atoms with Crippen LogP contribution in [0.3, 0.4) is 0 Å². The highest BCUT2D eigenvalue weighted by molar-refractivity contribution is 5.89. The van der Waals surface area contributed by atoms with Gasteiger partial charge in [0.1, 0.15) is 11.5 Å². The summed E-state index contributed by atoms with van der Waals surface area (Å²) < 4.78 is 5.68. The molecule has 4 nitrogen and oxygen atoms in total. The molecule has 0 aromatic heterocycles. The molecule has 0 heterocycles. The molecule has 21 heavy (non-hydrogen) atoms. The first-order valence-corrected chi connectivity index (χ1v) is 6.95. The maximum absolute atomic E-state index is 11.6. The monoisotopic (exact) mass is 283 g/mol. The molecule has 4 heteroatoms. The van der Waals surface area contributed by atoms with Crippen molar-refractivity contribution < 1.29 is 9.53 Å². The van der Waals surface area contributed by atoms with E-state index in [4.69, 9.17) is 4.74 Å². The number of anilines is 1. The lowest BCUT2D eigenvalue weighted by Gasteiger charge is -2.09. The van der Waals surface area contributed by atoms with Crippen LogP contribution in [0.5, 0.6) is 11.5 Å². The number of carbonyl (C=O) groups is 1. The van der Waals surface area contributed by atoms with E-state index < -0.39 is 0 Å². The first-order chi connectivity index (χ1) is 10.3. The number of benzene rings is 2. The normalized spacial score (nSPS) is 9.95. The fraction of sp³-hybridized carbons (Fsp3) is 0.176. The highest BCUT2D eigenvalue weighted by Gasteiger charge is 2.01. The summed E-state index contributed by atoms with van der Waals surface area (Å²) >= 11 is 0. The number of urea groups is 1. The van der Waals surface area contributed by atoms with Gasteiger partial charge in [0.15, 0.2) is 0 Å². The summed E-state index contributed by atoms with van der Waals surface area (Å²) in [7, 11) is 0. The van der Waals surface area contributed by atoms with Crippen LogP contribution in [0.1, 0.15) is 12.8 Å². The Morgan fingerprint density at radius 1 is 1.00 bits per heavy atom. The molecule has 2 N–H and O–H groups in total. The molecule has 2 amide bonds. The largest absolute Gasteiger partial charge is 0.457 e. The second-order valence-electron chi connectivity index (χ2n) is 4.53. The Morgan fingerprint density at radius 2 is 1.67 bits per heavy atom. The van der Waals surface area contributed by atoms with Crippen LogP contribution in [0.4, 0.5) is 10.5 Å². The fourth-order valence-electron chi connectivity index (χ4n) is 1.73. The molecule has 2 aromatic carbocycles. The molecule has 0 aliphatic carbocycles. The van der Waals surface area contributed by atoms with Crippen molar-refractivity contribution in [3.05, 3.63) is 61.5 Å². The Bertz CT molecular complexity index is 553. The van der Waals surface area contributed by atoms with Gasteiger partial charge in [0, 0.05) is 12.2 Å². The van der Waals surface area contributed by atoms with Crippen molar-refractivity contribution in [3.63, 3.8) is 0 Å². The average molecular weight is 283 g/mol. The van der Waals surface area contributed by atoms with Crippen molar-refractivity contribution in [1.29, 1.82) is 0 Å². The molecular weight excluding hydrogens is 264 g/mol. The van der Waals surface area contributed by atoms with Crippen molar-refractivity contribution in [2.24, 2.45) is 0 Å². The Labute approximate surface area is 125 Å². The number of nitrogens with one attached hydrogen (secondary N) is 2. The summed E-state index contributed by atoms with van der Waals surface area (Å²) in [6.07, 6.45) is 1.68. The predicted octanol–water partition coefficient (Wildman–Crippen LogP) is 4.21. The van der Waals surface area contributed by atoms with Crippen LogP contribution < -0.4 is 15.4 Å². The van der Waals surface area contributed by atoms with Crippen molar-refractivity contribution in [2.75, 3.05) is 11.9 Å². The molecule has 0 atom stereocenters. The highest BCUT2D eigenvalue weighted by Crippen LogP contribution is 2.22. The molecule has 0 fully saturated rings. The standard InChI is InChI=1S/C17H19N2O2/c1-2-3-13-18-17(20)19-14-9-11-16(12-10-14)21-15-7-5-4-6-8-15/h4-12H,1-3,13H2,(H2,18,19,20). The van der Waals surface area contributed by atoms with Gasteiger partial charge in [0.25, 0.3) is 0 Å². The van der Waals surface area contributed by atoms with E-state index in [1.807, 2.05) is 42.5 Å². The number of unbranched alkanes of at least 4 members (excludes halogenated alkanes) is 1. The minimum atomic E-state index is -0.208. The zero-order chi connectivity index (χ0) is 14.9. The Hall–Kier alpha value is -2.49. The Morgan fingerprint density at radius 3 is 2.33 bits per heavy atom. The van der Waals surface area contributed by atoms with Crippen molar-refractivity contribution in [2.45, 2.75) is 12.8 Å². The molecule has 0 saturated carbocycles. The van der Waals surface area contributed by atoms with Gasteiger partial charge in [0.05, 0.1) is 0 Å². The number of hydrogen-bond donors (Lipinski definition) is 2. The summed E-state index contributed by atoms with van der Waals surface area (Å²) in [5.41, 5.74) is 0.725. The maximum atomic E-state index is 11.6. The van der Waals surface area contributed by atoms with E-state index in [0.29, 0.717) is 6.54 Å². The number of carbonyl (C=O) groups excluding carboxylic acids is 1. The van der Waals surface area contributed by atoms with E-state index in [-0.39, 0.29) is 6.03 Å². The predicted molar refractivity (Wildman–Crippen MR) is 84.6 cm³/mol. The molecule has 0 bridgehead atoms. The van der Waals surface area contributed by atoms with E-state index in [9.17, 15) is 4.79 Å².